The van der Waals surface area contributed by atoms with Crippen LogP contribution in [0.2, 0.25) is 0 Å². The van der Waals surface area contributed by atoms with Crippen LogP contribution in [0.3, 0.4) is 0 Å². The number of ether oxygens (including phenoxy) is 3. The van der Waals surface area contributed by atoms with E-state index in [1.165, 1.54) is 44.9 Å². The number of epoxide rings is 1. The van der Waals surface area contributed by atoms with Crippen LogP contribution in [-0.2, 0) is 46.5 Å². The second-order valence-electron chi connectivity index (χ2n) is 18.3. The zero-order valence-electron chi connectivity index (χ0n) is 41.4. The van der Waals surface area contributed by atoms with Gasteiger partial charge in [-0.2, -0.15) is 0 Å². The van der Waals surface area contributed by atoms with Crippen LogP contribution in [0.4, 0.5) is 0 Å². The summed E-state index contributed by atoms with van der Waals surface area (Å²) in [5.41, 5.74) is 0. The van der Waals surface area contributed by atoms with E-state index in [0.717, 1.165) is 103 Å². The molecule has 0 aromatic heterocycles. The van der Waals surface area contributed by atoms with Crippen molar-refractivity contribution in [2.24, 2.45) is 0 Å². The molecule has 69 heavy (non-hydrogen) atoms. The lowest BCUT2D eigenvalue weighted by molar-refractivity contribution is -0.216. The molecule has 0 aromatic rings. The zero-order valence-corrected chi connectivity index (χ0v) is 43.2. The molecule has 19 heteroatoms. The first-order valence-corrected chi connectivity index (χ1v) is 28.8. The number of esters is 2. The average Bonchev–Trinajstić information content (AvgIpc) is 4.06. The van der Waals surface area contributed by atoms with Gasteiger partial charge in [-0.05, 0) is 77.0 Å². The number of aliphatic hydroxyl groups is 4. The van der Waals surface area contributed by atoms with E-state index in [9.17, 15) is 53.8 Å². The van der Waals surface area contributed by atoms with Gasteiger partial charge in [0.15, 0.2) is 6.10 Å². The van der Waals surface area contributed by atoms with E-state index < -0.39 is 83.5 Å². The molecule has 0 bridgehead atoms. The summed E-state index contributed by atoms with van der Waals surface area (Å²) in [5, 5.41) is 41.3. The van der Waals surface area contributed by atoms with Gasteiger partial charge in [0.05, 0.1) is 18.8 Å². The normalized spacial score (nSPS) is 24.4. The minimum Gasteiger partial charge on any atom is -0.462 e. The summed E-state index contributed by atoms with van der Waals surface area (Å²) in [4.78, 5) is 54.5. The number of hydrogen-bond donors (Lipinski definition) is 7. The zero-order chi connectivity index (χ0) is 50.8. The molecule has 2 rings (SSSR count). The topological polar surface area (TPSA) is 269 Å². The molecule has 1 aliphatic heterocycles. The molecule has 2 aliphatic rings. The van der Waals surface area contributed by atoms with Gasteiger partial charge in [-0.25, -0.2) is 9.13 Å². The largest absolute Gasteiger partial charge is 0.472 e. The number of unbranched alkanes of at least 4 members (excludes halogenated alkanes) is 17. The molecule has 2 fully saturated rings. The van der Waals surface area contributed by atoms with Gasteiger partial charge in [-0.1, -0.05) is 146 Å². The van der Waals surface area contributed by atoms with Crippen LogP contribution < -0.4 is 0 Å². The van der Waals surface area contributed by atoms with Gasteiger partial charge in [0.25, 0.3) is 0 Å². The van der Waals surface area contributed by atoms with E-state index in [0.29, 0.717) is 25.0 Å². The lowest BCUT2D eigenvalue weighted by Crippen LogP contribution is -2.64. The van der Waals surface area contributed by atoms with Crippen molar-refractivity contribution in [1.29, 1.82) is 0 Å². The van der Waals surface area contributed by atoms with E-state index in [2.05, 4.69) is 67.0 Å². The van der Waals surface area contributed by atoms with E-state index in [4.69, 9.17) is 23.3 Å². The third-order valence-corrected chi connectivity index (χ3v) is 13.6. The summed E-state index contributed by atoms with van der Waals surface area (Å²) < 4.78 is 55.3. The highest BCUT2D eigenvalue weighted by Gasteiger charge is 2.54. The van der Waals surface area contributed by atoms with Crippen molar-refractivity contribution in [2.45, 2.75) is 242 Å². The summed E-state index contributed by atoms with van der Waals surface area (Å²) in [7, 11) is -10.7. The number of hydrogen-bond acceptors (Lipinski definition) is 14. The van der Waals surface area contributed by atoms with Crippen molar-refractivity contribution in [2.75, 3.05) is 13.2 Å². The lowest BCUT2D eigenvalue weighted by atomic mass is 9.85. The molecule has 1 saturated heterocycles. The van der Waals surface area contributed by atoms with Crippen LogP contribution in [0.1, 0.15) is 187 Å². The van der Waals surface area contributed by atoms with Crippen molar-refractivity contribution in [3.63, 3.8) is 0 Å². The van der Waals surface area contributed by atoms with E-state index in [1.807, 2.05) is 0 Å². The molecule has 7 unspecified atom stereocenters. The van der Waals surface area contributed by atoms with Gasteiger partial charge in [0, 0.05) is 12.8 Å². The highest BCUT2D eigenvalue weighted by atomic mass is 31.2. The standard InChI is InChI=1S/C50H88O17P2/c1-3-5-7-9-11-12-13-14-15-16-17-18-19-20-21-22-23-24-28-32-36-43(51)62-38-40(39-63-69(60,61)67-50-47(55)45(53)46(54)49(48(50)56)66-68(57,58)59)64-44(52)37-33-29-25-27-31-35-42-41(65-42)34-30-26-10-8-6-4-2/h12-13,15-16,18-19,26,30,40-42,45-50,53-56H,3-11,14,17,20-25,27-29,31-39H2,1-2H3,(H,60,61)(H2,57,58,59)/b13-12-,16-15-,19-18-,30-26-/t40-,41?,42?,45?,46?,47?,48?,49-,50+/m1/s1. The summed E-state index contributed by atoms with van der Waals surface area (Å²) >= 11 is 0. The fourth-order valence-electron chi connectivity index (χ4n) is 7.92. The minimum atomic E-state index is -5.37. The summed E-state index contributed by atoms with van der Waals surface area (Å²) in [6, 6.07) is 0. The molecule has 17 nitrogen and oxygen atoms in total. The molecule has 0 spiro atoms. The first kappa shape index (κ1) is 63.0. The second-order valence-corrected chi connectivity index (χ2v) is 20.9. The van der Waals surface area contributed by atoms with Crippen LogP contribution in [0.15, 0.2) is 48.6 Å². The average molecular weight is 1020 g/mol. The highest BCUT2D eigenvalue weighted by Crippen LogP contribution is 2.49. The van der Waals surface area contributed by atoms with Crippen LogP contribution >= 0.6 is 15.6 Å². The lowest BCUT2D eigenvalue weighted by Gasteiger charge is -2.43. The molecule has 0 amide bonds. The van der Waals surface area contributed by atoms with E-state index >= 15 is 0 Å². The van der Waals surface area contributed by atoms with Gasteiger partial charge in [0.2, 0.25) is 0 Å². The van der Waals surface area contributed by atoms with Crippen LogP contribution in [0.25, 0.3) is 0 Å². The molecular weight excluding hydrogens is 934 g/mol. The molecule has 7 N–H and O–H groups in total. The Morgan fingerprint density at radius 2 is 1.01 bits per heavy atom. The quantitative estimate of drug-likeness (QED) is 0.00986. The monoisotopic (exact) mass is 1020 g/mol. The number of aliphatic hydroxyl groups excluding tert-OH is 4. The first-order valence-electron chi connectivity index (χ1n) is 25.8. The molecule has 1 heterocycles. The summed E-state index contributed by atoms with van der Waals surface area (Å²) in [6.07, 6.45) is 29.3. The van der Waals surface area contributed by atoms with Gasteiger partial charge in [-0.3, -0.25) is 23.2 Å². The minimum absolute atomic E-state index is 0.0167. The van der Waals surface area contributed by atoms with E-state index in [1.54, 1.807) is 0 Å². The van der Waals surface area contributed by atoms with Gasteiger partial charge >= 0.3 is 27.6 Å². The van der Waals surface area contributed by atoms with Gasteiger partial charge in [0.1, 0.15) is 43.2 Å². The first-order chi connectivity index (χ1) is 33.1. The number of phosphoric acid groups is 2. The maximum absolute atomic E-state index is 13.0. The highest BCUT2D eigenvalue weighted by molar-refractivity contribution is 7.47. The van der Waals surface area contributed by atoms with E-state index in [-0.39, 0.29) is 12.8 Å². The molecule has 400 valence electrons. The molecule has 1 saturated carbocycles. The maximum Gasteiger partial charge on any atom is 0.472 e. The smallest absolute Gasteiger partial charge is 0.462 e. The third-order valence-electron chi connectivity index (χ3n) is 12.0. The Morgan fingerprint density at radius 1 is 0.536 bits per heavy atom. The Labute approximate surface area is 412 Å². The van der Waals surface area contributed by atoms with Crippen molar-refractivity contribution >= 4 is 27.6 Å². The second kappa shape index (κ2) is 37.6. The predicted molar refractivity (Wildman–Crippen MR) is 264 cm³/mol. The number of allylic oxidation sites excluding steroid dienone is 7. The van der Waals surface area contributed by atoms with Crippen LogP contribution in [0, 0.1) is 0 Å². The molecule has 10 atom stereocenters. The fourth-order valence-corrected chi connectivity index (χ4v) is 9.46. The Kier molecular flexibility index (Phi) is 34.4. The van der Waals surface area contributed by atoms with Crippen molar-refractivity contribution < 1.29 is 81.6 Å². The van der Waals surface area contributed by atoms with Crippen LogP contribution in [-0.4, -0.2) is 115 Å². The van der Waals surface area contributed by atoms with Crippen LogP contribution in [0.5, 0.6) is 0 Å². The van der Waals surface area contributed by atoms with Crippen molar-refractivity contribution in [3.05, 3.63) is 48.6 Å². The third kappa shape index (κ3) is 31.2. The predicted octanol–water partition coefficient (Wildman–Crippen LogP) is 9.44. The Hall–Kier alpha value is -2.08. The van der Waals surface area contributed by atoms with Crippen molar-refractivity contribution in [3.8, 4) is 0 Å². The molecule has 1 aliphatic carbocycles. The number of carbonyl (C=O) groups is 2. The Balaban J connectivity index is 1.76. The van der Waals surface area contributed by atoms with Crippen molar-refractivity contribution in [1.82, 2.24) is 0 Å². The Morgan fingerprint density at radius 3 is 1.61 bits per heavy atom. The maximum atomic E-state index is 13.0. The Bertz CT molecular complexity index is 1580. The summed E-state index contributed by atoms with van der Waals surface area (Å²) in [5.74, 6) is -1.24. The number of rotatable bonds is 42. The molecule has 0 aromatic carbocycles. The summed E-state index contributed by atoms with van der Waals surface area (Å²) in [6.45, 7) is 3.04. The molecule has 0 radical (unpaired) electrons. The van der Waals surface area contributed by atoms with Gasteiger partial charge in [-0.15, -0.1) is 0 Å². The number of phosphoric ester groups is 2. The fraction of sp³-hybridized carbons (Fsp3) is 0.800. The molecular formula is C50H88O17P2. The SMILES string of the molecule is CCCCC/C=C\CC1OC1CCCCCCCC(=O)O[C@H](COC(=O)CCCCCCCC/C=C\C/C=C\C/C=C\CCCCCC)COP(=O)(O)O[C@H]1C(O)C(O)C(O)[C@@H](OP(=O)(O)O)C1O. The van der Waals surface area contributed by atoms with Gasteiger partial charge < -0.3 is 49.3 Å². The number of carbonyl (C=O) groups excluding carboxylic acids is 2.